The van der Waals surface area contributed by atoms with E-state index in [-0.39, 0.29) is 12.2 Å². The van der Waals surface area contributed by atoms with Crippen molar-refractivity contribution in [1.82, 2.24) is 0 Å². The summed E-state index contributed by atoms with van der Waals surface area (Å²) >= 11 is -1.91. The smallest absolute Gasteiger partial charge is 0.155 e. The van der Waals surface area contributed by atoms with E-state index in [2.05, 4.69) is 0 Å². The minimum Gasteiger partial charge on any atom is -0.306 e. The van der Waals surface area contributed by atoms with E-state index in [0.29, 0.717) is 0 Å². The van der Waals surface area contributed by atoms with Gasteiger partial charge in [0.05, 0.1) is 11.0 Å². The summed E-state index contributed by atoms with van der Waals surface area (Å²) in [5, 5.41) is -0.468. The molecule has 68 valence electrons. The Labute approximate surface area is 69.2 Å². The van der Waals surface area contributed by atoms with Gasteiger partial charge in [-0.3, -0.25) is 0 Å². The van der Waals surface area contributed by atoms with E-state index >= 15 is 0 Å². The Morgan fingerprint density at radius 3 is 2.27 bits per heavy atom. The van der Waals surface area contributed by atoms with E-state index in [1.54, 1.807) is 6.92 Å². The van der Waals surface area contributed by atoms with Gasteiger partial charge in [0.15, 0.2) is 11.1 Å². The Balaban J connectivity index is 3.82. The van der Waals surface area contributed by atoms with Crippen molar-refractivity contribution >= 4 is 20.9 Å². The first kappa shape index (κ1) is 11.1. The molecule has 0 saturated heterocycles. The molecule has 0 saturated carbocycles. The summed E-state index contributed by atoms with van der Waals surface area (Å²) in [6.07, 6.45) is 1.35. The number of sulfone groups is 1. The minimum absolute atomic E-state index is 0.0273. The van der Waals surface area contributed by atoms with E-state index in [1.807, 2.05) is 0 Å². The van der Waals surface area contributed by atoms with Crippen LogP contribution in [0.2, 0.25) is 0 Å². The van der Waals surface area contributed by atoms with Gasteiger partial charge in [-0.15, -0.1) is 0 Å². The van der Waals surface area contributed by atoms with Gasteiger partial charge in [0, 0.05) is 6.26 Å². The average Bonchev–Trinajstić information content (AvgIpc) is 1.80. The first-order valence-electron chi connectivity index (χ1n) is 3.10. The molecule has 0 aromatic carbocycles. The summed E-state index contributed by atoms with van der Waals surface area (Å²) in [5.41, 5.74) is 0. The fourth-order valence-corrected chi connectivity index (χ4v) is 1.73. The standard InChI is InChI=1S/C5H12O4S2/c1-5(10(6)7)3-4-11(2,8)9/h5H,3-4H2,1-2H3,(H,6,7). The van der Waals surface area contributed by atoms with E-state index in [4.69, 9.17) is 4.55 Å². The predicted molar refractivity (Wildman–Crippen MR) is 44.6 cm³/mol. The molecule has 0 aliphatic rings. The molecule has 0 heterocycles. The maximum atomic E-state index is 10.6. The van der Waals surface area contributed by atoms with Gasteiger partial charge in [-0.1, -0.05) is 0 Å². The highest BCUT2D eigenvalue weighted by Gasteiger charge is 2.11. The molecule has 0 bridgehead atoms. The molecular formula is C5H12O4S2. The lowest BCUT2D eigenvalue weighted by molar-refractivity contribution is 0.548. The summed E-state index contributed by atoms with van der Waals surface area (Å²) in [5.74, 6) is -0.0273. The second-order valence-corrected chi connectivity index (χ2v) is 6.12. The van der Waals surface area contributed by atoms with Crippen LogP contribution in [0.1, 0.15) is 13.3 Å². The SMILES string of the molecule is CC(CCS(C)(=O)=O)S(=O)O. The molecule has 0 aliphatic heterocycles. The van der Waals surface area contributed by atoms with Crippen molar-refractivity contribution < 1.29 is 17.2 Å². The number of rotatable bonds is 4. The highest BCUT2D eigenvalue weighted by molar-refractivity contribution is 7.90. The van der Waals surface area contributed by atoms with Crippen LogP contribution in [-0.2, 0) is 20.9 Å². The van der Waals surface area contributed by atoms with Crippen molar-refractivity contribution in [3.05, 3.63) is 0 Å². The Bertz CT molecular complexity index is 231. The third kappa shape index (κ3) is 6.46. The zero-order valence-electron chi connectivity index (χ0n) is 6.48. The van der Waals surface area contributed by atoms with E-state index in [1.165, 1.54) is 0 Å². The molecule has 4 nitrogen and oxygen atoms in total. The van der Waals surface area contributed by atoms with Crippen LogP contribution in [0, 0.1) is 0 Å². The Hall–Kier alpha value is 0.0600. The third-order valence-electron chi connectivity index (χ3n) is 1.24. The van der Waals surface area contributed by atoms with Gasteiger partial charge in [0.1, 0.15) is 9.84 Å². The van der Waals surface area contributed by atoms with Crippen LogP contribution < -0.4 is 0 Å². The summed E-state index contributed by atoms with van der Waals surface area (Å²) in [7, 11) is -3.00. The molecule has 0 aromatic rings. The molecule has 1 N–H and O–H groups in total. The highest BCUT2D eigenvalue weighted by atomic mass is 32.2. The zero-order valence-corrected chi connectivity index (χ0v) is 8.11. The van der Waals surface area contributed by atoms with Gasteiger partial charge >= 0.3 is 0 Å². The lowest BCUT2D eigenvalue weighted by Crippen LogP contribution is -2.15. The summed E-state index contributed by atoms with van der Waals surface area (Å²) in [6, 6.07) is 0. The maximum absolute atomic E-state index is 10.6. The predicted octanol–water partition coefficient (Wildman–Crippen LogP) is 0.0313. The summed E-state index contributed by atoms with van der Waals surface area (Å²) in [4.78, 5) is 0. The molecule has 0 aliphatic carbocycles. The van der Waals surface area contributed by atoms with Gasteiger partial charge in [0.25, 0.3) is 0 Å². The van der Waals surface area contributed by atoms with Crippen molar-refractivity contribution in [2.75, 3.05) is 12.0 Å². The van der Waals surface area contributed by atoms with Crippen molar-refractivity contribution in [3.8, 4) is 0 Å². The quantitative estimate of drug-likeness (QED) is 0.650. The Morgan fingerprint density at radius 1 is 1.55 bits per heavy atom. The van der Waals surface area contributed by atoms with Crippen molar-refractivity contribution in [3.63, 3.8) is 0 Å². The van der Waals surface area contributed by atoms with Crippen molar-refractivity contribution in [2.45, 2.75) is 18.6 Å². The van der Waals surface area contributed by atoms with Crippen LogP contribution in [0.3, 0.4) is 0 Å². The molecule has 0 amide bonds. The van der Waals surface area contributed by atoms with Gasteiger partial charge in [0.2, 0.25) is 0 Å². The second-order valence-electron chi connectivity index (χ2n) is 2.51. The molecule has 0 aromatic heterocycles. The molecule has 2 atom stereocenters. The second kappa shape index (κ2) is 4.18. The van der Waals surface area contributed by atoms with Crippen LogP contribution in [0.25, 0.3) is 0 Å². The summed E-state index contributed by atoms with van der Waals surface area (Å²) in [6.45, 7) is 1.54. The minimum atomic E-state index is -3.00. The fraction of sp³-hybridized carbons (Fsp3) is 1.00. The van der Waals surface area contributed by atoms with Crippen molar-refractivity contribution in [2.24, 2.45) is 0 Å². The van der Waals surface area contributed by atoms with Crippen LogP contribution in [0.4, 0.5) is 0 Å². The molecular weight excluding hydrogens is 188 g/mol. The molecule has 11 heavy (non-hydrogen) atoms. The van der Waals surface area contributed by atoms with Gasteiger partial charge in [-0.2, -0.15) is 0 Å². The van der Waals surface area contributed by atoms with Crippen LogP contribution in [-0.4, -0.2) is 34.4 Å². The molecule has 0 rings (SSSR count). The Kier molecular flexibility index (Phi) is 4.20. The molecule has 0 fully saturated rings. The number of hydrogen-bond donors (Lipinski definition) is 1. The van der Waals surface area contributed by atoms with Crippen molar-refractivity contribution in [1.29, 1.82) is 0 Å². The van der Waals surface area contributed by atoms with E-state index in [9.17, 15) is 12.6 Å². The summed E-state index contributed by atoms with van der Waals surface area (Å²) < 4.78 is 40.0. The molecule has 2 unspecified atom stereocenters. The zero-order chi connectivity index (χ0) is 9.07. The average molecular weight is 200 g/mol. The Morgan fingerprint density at radius 2 is 2.00 bits per heavy atom. The lowest BCUT2D eigenvalue weighted by Gasteiger charge is -2.03. The van der Waals surface area contributed by atoms with Crippen LogP contribution in [0.5, 0.6) is 0 Å². The molecule has 6 heteroatoms. The topological polar surface area (TPSA) is 71.4 Å². The third-order valence-corrected chi connectivity index (χ3v) is 3.14. The van der Waals surface area contributed by atoms with Gasteiger partial charge in [-0.05, 0) is 13.3 Å². The van der Waals surface area contributed by atoms with Crippen LogP contribution in [0.15, 0.2) is 0 Å². The largest absolute Gasteiger partial charge is 0.306 e. The fourth-order valence-electron chi connectivity index (χ4n) is 0.481. The number of hydrogen-bond acceptors (Lipinski definition) is 3. The maximum Gasteiger partial charge on any atom is 0.155 e. The molecule has 0 radical (unpaired) electrons. The first-order chi connectivity index (χ1) is 4.83. The van der Waals surface area contributed by atoms with Crippen LogP contribution >= 0.6 is 0 Å². The highest BCUT2D eigenvalue weighted by Crippen LogP contribution is 2.00. The normalized spacial score (nSPS) is 17.7. The van der Waals surface area contributed by atoms with Gasteiger partial charge < -0.3 is 4.55 Å². The first-order valence-corrected chi connectivity index (χ1v) is 6.33. The lowest BCUT2D eigenvalue weighted by atomic mass is 10.4. The molecule has 0 spiro atoms. The monoisotopic (exact) mass is 200 g/mol. The van der Waals surface area contributed by atoms with E-state index in [0.717, 1.165) is 6.26 Å². The van der Waals surface area contributed by atoms with Gasteiger partial charge in [-0.25, -0.2) is 12.6 Å². The van der Waals surface area contributed by atoms with E-state index < -0.39 is 26.2 Å².